The van der Waals surface area contributed by atoms with Crippen LogP contribution in [0.15, 0.2) is 72.8 Å². The van der Waals surface area contributed by atoms with Crippen molar-refractivity contribution in [3.8, 4) is 11.3 Å². The first-order valence-corrected chi connectivity index (χ1v) is 12.7. The van der Waals surface area contributed by atoms with Crippen molar-refractivity contribution in [2.75, 3.05) is 7.05 Å². The zero-order valence-corrected chi connectivity index (χ0v) is 22.6. The average molecular weight is 514 g/mol. The summed E-state index contributed by atoms with van der Waals surface area (Å²) in [7, 11) is 1.74. The lowest BCUT2D eigenvalue weighted by molar-refractivity contribution is 0.0285. The fraction of sp³-hybridized carbons (Fsp3) is 0.290. The normalized spacial score (nSPS) is 11.3. The number of nitrogens with one attached hydrogen (secondary N) is 2. The van der Waals surface area contributed by atoms with Crippen LogP contribution in [-0.4, -0.2) is 34.7 Å². The molecule has 0 atom stereocenters. The van der Waals surface area contributed by atoms with E-state index < -0.39 is 11.7 Å². The quantitative estimate of drug-likeness (QED) is 0.280. The van der Waals surface area contributed by atoms with Crippen molar-refractivity contribution >= 4 is 23.1 Å². The Morgan fingerprint density at radius 3 is 2.39 bits per heavy atom. The van der Waals surface area contributed by atoms with Crippen LogP contribution in [0.5, 0.6) is 0 Å². The summed E-state index contributed by atoms with van der Waals surface area (Å²) in [5.41, 5.74) is 6.51. The van der Waals surface area contributed by atoms with Gasteiger partial charge in [0.1, 0.15) is 12.2 Å². The van der Waals surface area contributed by atoms with Gasteiger partial charge in [-0.05, 0) is 62.1 Å². The molecule has 0 saturated heterocycles. The lowest BCUT2D eigenvalue weighted by atomic mass is 10.0. The molecule has 198 valence electrons. The van der Waals surface area contributed by atoms with Crippen LogP contribution in [0.4, 0.5) is 9.59 Å². The molecule has 0 radical (unpaired) electrons. The highest BCUT2D eigenvalue weighted by molar-refractivity contribution is 5.91. The van der Waals surface area contributed by atoms with Gasteiger partial charge in [-0.15, -0.1) is 0 Å². The molecule has 0 aliphatic heterocycles. The minimum Gasteiger partial charge on any atom is -0.445 e. The predicted octanol–water partition coefficient (Wildman–Crippen LogP) is 6.94. The van der Waals surface area contributed by atoms with Crippen molar-refractivity contribution in [2.45, 2.75) is 53.0 Å². The second-order valence-corrected chi connectivity index (χ2v) is 10.4. The number of fused-ring (bicyclic) bond motifs is 1. The first kappa shape index (κ1) is 26.8. The molecule has 2 amide bonds. The Hall–Kier alpha value is -4.26. The second kappa shape index (κ2) is 11.4. The SMILES string of the molecule is Cc1c(-c2ccccc2CN(C)C(=O)OC(C)(C)C)[nH]c2ccc(CNC(=O)OCc3ccccc3)cc12. The van der Waals surface area contributed by atoms with Gasteiger partial charge in [-0.2, -0.15) is 0 Å². The first-order chi connectivity index (χ1) is 18.1. The van der Waals surface area contributed by atoms with Gasteiger partial charge in [-0.25, -0.2) is 9.59 Å². The fourth-order valence-electron chi connectivity index (χ4n) is 4.26. The minimum atomic E-state index is -0.552. The van der Waals surface area contributed by atoms with Crippen LogP contribution in [0.1, 0.15) is 43.0 Å². The smallest absolute Gasteiger partial charge is 0.410 e. The van der Waals surface area contributed by atoms with Crippen LogP contribution in [0.2, 0.25) is 0 Å². The van der Waals surface area contributed by atoms with Gasteiger partial charge in [-0.3, -0.25) is 0 Å². The number of amides is 2. The van der Waals surface area contributed by atoms with Crippen molar-refractivity contribution < 1.29 is 19.1 Å². The molecule has 3 aromatic carbocycles. The Balaban J connectivity index is 1.47. The van der Waals surface area contributed by atoms with Crippen molar-refractivity contribution in [1.29, 1.82) is 0 Å². The van der Waals surface area contributed by atoms with Gasteiger partial charge in [0.05, 0.1) is 0 Å². The molecule has 4 aromatic rings. The highest BCUT2D eigenvalue weighted by Crippen LogP contribution is 2.33. The molecule has 4 rings (SSSR count). The first-order valence-electron chi connectivity index (χ1n) is 12.7. The lowest BCUT2D eigenvalue weighted by Crippen LogP contribution is -2.33. The molecule has 0 spiro atoms. The summed E-state index contributed by atoms with van der Waals surface area (Å²) in [5.74, 6) is 0. The number of H-pyrrole nitrogens is 1. The monoisotopic (exact) mass is 513 g/mol. The zero-order chi connectivity index (χ0) is 27.3. The maximum absolute atomic E-state index is 12.5. The summed E-state index contributed by atoms with van der Waals surface area (Å²) in [6.45, 7) is 8.66. The summed E-state index contributed by atoms with van der Waals surface area (Å²) in [5, 5.41) is 3.90. The second-order valence-electron chi connectivity index (χ2n) is 10.4. The minimum absolute atomic E-state index is 0.231. The van der Waals surface area contributed by atoms with Crippen molar-refractivity contribution in [3.63, 3.8) is 0 Å². The maximum Gasteiger partial charge on any atom is 0.410 e. The maximum atomic E-state index is 12.5. The van der Waals surface area contributed by atoms with Gasteiger partial charge in [-0.1, -0.05) is 60.7 Å². The molecule has 38 heavy (non-hydrogen) atoms. The zero-order valence-electron chi connectivity index (χ0n) is 22.6. The number of carbonyl (C=O) groups excluding carboxylic acids is 2. The number of alkyl carbamates (subject to hydrolysis) is 1. The largest absolute Gasteiger partial charge is 0.445 e. The van der Waals surface area contributed by atoms with Gasteiger partial charge in [0.2, 0.25) is 0 Å². The Kier molecular flexibility index (Phi) is 8.05. The number of hydrogen-bond acceptors (Lipinski definition) is 4. The van der Waals surface area contributed by atoms with Crippen LogP contribution in [-0.2, 0) is 29.2 Å². The molecular formula is C31H35N3O4. The highest BCUT2D eigenvalue weighted by Gasteiger charge is 2.21. The summed E-state index contributed by atoms with van der Waals surface area (Å²) >= 11 is 0. The molecule has 7 heteroatoms. The number of ether oxygens (including phenoxy) is 2. The van der Waals surface area contributed by atoms with E-state index in [2.05, 4.69) is 29.4 Å². The van der Waals surface area contributed by atoms with Crippen LogP contribution in [0.25, 0.3) is 22.2 Å². The Bertz CT molecular complexity index is 1420. The van der Waals surface area contributed by atoms with Crippen molar-refractivity contribution in [2.24, 2.45) is 0 Å². The average Bonchev–Trinajstić information content (AvgIpc) is 3.21. The molecule has 2 N–H and O–H groups in total. The number of nitrogens with zero attached hydrogens (tertiary/aromatic N) is 1. The van der Waals surface area contributed by atoms with Crippen LogP contribution < -0.4 is 5.32 Å². The molecule has 7 nitrogen and oxygen atoms in total. The van der Waals surface area contributed by atoms with E-state index in [1.807, 2.05) is 81.4 Å². The standard InChI is InChI=1S/C31H35N3O4/c1-21-26-17-23(18-32-29(35)37-20-22-11-7-6-8-12-22)15-16-27(26)33-28(21)25-14-10-9-13-24(25)19-34(5)30(36)38-31(2,3)4/h6-17,33H,18-20H2,1-5H3,(H,32,35). The third kappa shape index (κ3) is 6.73. The molecule has 0 fully saturated rings. The van der Waals surface area contributed by atoms with E-state index >= 15 is 0 Å². The molecule has 0 aliphatic carbocycles. The van der Waals surface area contributed by atoms with Gasteiger partial charge < -0.3 is 24.7 Å². The molecule has 0 aliphatic rings. The number of aromatic amines is 1. The third-order valence-electron chi connectivity index (χ3n) is 6.17. The van der Waals surface area contributed by atoms with Gasteiger partial charge in [0, 0.05) is 42.3 Å². The highest BCUT2D eigenvalue weighted by atomic mass is 16.6. The van der Waals surface area contributed by atoms with E-state index in [1.54, 1.807) is 11.9 Å². The Labute approximate surface area is 223 Å². The third-order valence-corrected chi connectivity index (χ3v) is 6.17. The van der Waals surface area contributed by atoms with Crippen molar-refractivity contribution in [3.05, 3.63) is 95.1 Å². The Morgan fingerprint density at radius 2 is 1.66 bits per heavy atom. The van der Waals surface area contributed by atoms with Crippen LogP contribution in [0, 0.1) is 6.92 Å². The molecule has 0 bridgehead atoms. The van der Waals surface area contributed by atoms with E-state index in [1.165, 1.54) is 0 Å². The number of hydrogen-bond donors (Lipinski definition) is 2. The van der Waals surface area contributed by atoms with Crippen LogP contribution >= 0.6 is 0 Å². The van der Waals surface area contributed by atoms with Crippen molar-refractivity contribution in [1.82, 2.24) is 15.2 Å². The van der Waals surface area contributed by atoms with E-state index in [9.17, 15) is 9.59 Å². The molecule has 1 aromatic heterocycles. The summed E-state index contributed by atoms with van der Waals surface area (Å²) < 4.78 is 10.8. The van der Waals surface area contributed by atoms with E-state index in [4.69, 9.17) is 9.47 Å². The van der Waals surface area contributed by atoms with Gasteiger partial charge in [0.25, 0.3) is 0 Å². The van der Waals surface area contributed by atoms with E-state index in [0.717, 1.165) is 44.4 Å². The van der Waals surface area contributed by atoms with Gasteiger partial charge in [0.15, 0.2) is 0 Å². The summed E-state index contributed by atoms with van der Waals surface area (Å²) in [4.78, 5) is 29.9. The summed E-state index contributed by atoms with van der Waals surface area (Å²) in [6, 6.07) is 23.7. The fourth-order valence-corrected chi connectivity index (χ4v) is 4.26. The Morgan fingerprint density at radius 1 is 0.947 bits per heavy atom. The number of benzene rings is 3. The number of carbonyl (C=O) groups is 2. The van der Waals surface area contributed by atoms with Crippen LogP contribution in [0.3, 0.4) is 0 Å². The van der Waals surface area contributed by atoms with Gasteiger partial charge >= 0.3 is 12.2 Å². The lowest BCUT2D eigenvalue weighted by Gasteiger charge is -2.25. The molecule has 0 unspecified atom stereocenters. The van der Waals surface area contributed by atoms with E-state index in [0.29, 0.717) is 13.1 Å². The molecular weight excluding hydrogens is 478 g/mol. The molecule has 0 saturated carbocycles. The predicted molar refractivity (Wildman–Crippen MR) is 150 cm³/mol. The summed E-state index contributed by atoms with van der Waals surface area (Å²) in [6.07, 6.45) is -0.816. The number of rotatable bonds is 7. The molecule has 1 heterocycles. The topological polar surface area (TPSA) is 83.7 Å². The number of aromatic nitrogens is 1. The number of aryl methyl sites for hydroxylation is 1. The van der Waals surface area contributed by atoms with E-state index in [-0.39, 0.29) is 12.7 Å².